The fraction of sp³-hybridized carbons (Fsp3) is 0.333. The first-order valence-corrected chi connectivity index (χ1v) is 9.37. The van der Waals surface area contributed by atoms with E-state index in [1.165, 1.54) is 12.1 Å². The number of nitrogens with one attached hydrogen (secondary N) is 1. The number of nitrogens with zero attached hydrogens (tertiary/aromatic N) is 3. The van der Waals surface area contributed by atoms with Crippen molar-refractivity contribution in [2.24, 2.45) is 0 Å². The summed E-state index contributed by atoms with van der Waals surface area (Å²) in [6, 6.07) is 6.16. The average molecular weight is 396 g/mol. The van der Waals surface area contributed by atoms with Crippen molar-refractivity contribution < 1.29 is 19.4 Å². The molecule has 0 saturated heterocycles. The van der Waals surface area contributed by atoms with Gasteiger partial charge in [-0.15, -0.1) is 0 Å². The second-order valence-corrected chi connectivity index (χ2v) is 7.37. The highest BCUT2D eigenvalue weighted by Crippen LogP contribution is 2.29. The zero-order chi connectivity index (χ0) is 21.3. The zero-order valence-electron chi connectivity index (χ0n) is 17.1. The molecule has 1 amide bonds. The Labute approximate surface area is 168 Å². The van der Waals surface area contributed by atoms with Gasteiger partial charge in [0.15, 0.2) is 5.65 Å². The van der Waals surface area contributed by atoms with E-state index in [1.807, 2.05) is 34.6 Å². The molecule has 8 nitrogen and oxygen atoms in total. The number of carboxylic acids is 1. The van der Waals surface area contributed by atoms with Gasteiger partial charge in [-0.1, -0.05) is 0 Å². The Morgan fingerprint density at radius 2 is 1.90 bits per heavy atom. The van der Waals surface area contributed by atoms with Gasteiger partial charge in [0.05, 0.1) is 34.5 Å². The van der Waals surface area contributed by atoms with E-state index in [2.05, 4.69) is 15.4 Å². The van der Waals surface area contributed by atoms with E-state index in [0.29, 0.717) is 33.7 Å². The van der Waals surface area contributed by atoms with Crippen LogP contribution >= 0.6 is 0 Å². The van der Waals surface area contributed by atoms with Crippen molar-refractivity contribution in [1.82, 2.24) is 14.8 Å². The Bertz CT molecular complexity index is 1090. The molecule has 3 rings (SSSR count). The molecular formula is C21H24N4O4. The molecule has 3 aromatic rings. The lowest BCUT2D eigenvalue weighted by molar-refractivity contribution is 0.0696. The third kappa shape index (κ3) is 4.21. The molecule has 0 fully saturated rings. The number of fused-ring (bicyclic) bond motifs is 1. The van der Waals surface area contributed by atoms with Gasteiger partial charge in [-0.2, -0.15) is 5.10 Å². The van der Waals surface area contributed by atoms with Crippen molar-refractivity contribution >= 4 is 28.6 Å². The van der Waals surface area contributed by atoms with Crippen LogP contribution in [-0.4, -0.2) is 37.9 Å². The molecule has 0 radical (unpaired) electrons. The minimum atomic E-state index is -1.09. The Kier molecular flexibility index (Phi) is 5.54. The number of hydrogen-bond donors (Lipinski definition) is 2. The van der Waals surface area contributed by atoms with Gasteiger partial charge in [0.1, 0.15) is 5.75 Å². The Hall–Kier alpha value is -3.42. The minimum Gasteiger partial charge on any atom is -0.489 e. The number of carboxylic acid groups (broad SMARTS) is 1. The highest BCUT2D eigenvalue weighted by atomic mass is 16.5. The van der Waals surface area contributed by atoms with Crippen LogP contribution in [0, 0.1) is 6.92 Å². The highest BCUT2D eigenvalue weighted by molar-refractivity contribution is 6.12. The van der Waals surface area contributed by atoms with E-state index < -0.39 is 5.97 Å². The Morgan fingerprint density at radius 1 is 1.17 bits per heavy atom. The van der Waals surface area contributed by atoms with Crippen LogP contribution in [0.5, 0.6) is 5.75 Å². The molecule has 0 aliphatic rings. The van der Waals surface area contributed by atoms with Crippen LogP contribution in [0.25, 0.3) is 11.0 Å². The van der Waals surface area contributed by atoms with E-state index in [-0.39, 0.29) is 23.6 Å². The van der Waals surface area contributed by atoms with Crippen molar-refractivity contribution in [3.05, 3.63) is 47.3 Å². The molecule has 1 aromatic carbocycles. The predicted molar refractivity (Wildman–Crippen MR) is 110 cm³/mol. The number of anilines is 1. The smallest absolute Gasteiger partial charge is 0.335 e. The lowest BCUT2D eigenvalue weighted by Crippen LogP contribution is -2.16. The fourth-order valence-electron chi connectivity index (χ4n) is 3.02. The number of aromatic nitrogens is 3. The van der Waals surface area contributed by atoms with Crippen molar-refractivity contribution in [3.8, 4) is 5.75 Å². The summed E-state index contributed by atoms with van der Waals surface area (Å²) >= 11 is 0. The molecule has 2 N–H and O–H groups in total. The number of carbonyl (C=O) groups excluding carboxylic acids is 1. The number of carbonyl (C=O) groups is 2. The summed E-state index contributed by atoms with van der Waals surface area (Å²) < 4.78 is 7.49. The molecule has 2 heterocycles. The summed E-state index contributed by atoms with van der Waals surface area (Å²) in [5, 5.41) is 17.1. The van der Waals surface area contributed by atoms with E-state index in [0.717, 1.165) is 0 Å². The maximum atomic E-state index is 13.1. The van der Waals surface area contributed by atoms with Gasteiger partial charge < -0.3 is 15.2 Å². The number of rotatable bonds is 6. The first-order valence-electron chi connectivity index (χ1n) is 9.37. The molecule has 0 atom stereocenters. The fourth-order valence-corrected chi connectivity index (χ4v) is 3.02. The lowest BCUT2D eigenvalue weighted by atomic mass is 10.1. The highest BCUT2D eigenvalue weighted by Gasteiger charge is 2.19. The van der Waals surface area contributed by atoms with Crippen molar-refractivity contribution in [2.75, 3.05) is 5.32 Å². The van der Waals surface area contributed by atoms with Gasteiger partial charge in [0.2, 0.25) is 0 Å². The number of hydrogen-bond acceptors (Lipinski definition) is 5. The van der Waals surface area contributed by atoms with Crippen LogP contribution in [0.15, 0.2) is 30.5 Å². The quantitative estimate of drug-likeness (QED) is 0.651. The minimum absolute atomic E-state index is 0.0556. The van der Waals surface area contributed by atoms with Crippen LogP contribution in [0.3, 0.4) is 0 Å². The summed E-state index contributed by atoms with van der Waals surface area (Å²) in [6.07, 6.45) is 1.48. The second kappa shape index (κ2) is 7.90. The standard InChI is InChI=1S/C21H24N4O4/c1-11(2)25-19-16(10-22-25)15(8-13(5)23-19)20(26)24-17-9-14(21(27)28)6-7-18(17)29-12(3)4/h6-12H,1-5H3,(H,24,26)(H,27,28). The van der Waals surface area contributed by atoms with Gasteiger partial charge in [0, 0.05) is 11.7 Å². The molecule has 8 heteroatoms. The summed E-state index contributed by atoms with van der Waals surface area (Å²) in [4.78, 5) is 29.0. The molecule has 0 unspecified atom stereocenters. The number of amides is 1. The number of ether oxygens (including phenoxy) is 1. The molecule has 152 valence electrons. The maximum Gasteiger partial charge on any atom is 0.335 e. The second-order valence-electron chi connectivity index (χ2n) is 7.37. The van der Waals surface area contributed by atoms with E-state index in [9.17, 15) is 14.7 Å². The number of pyridine rings is 1. The van der Waals surface area contributed by atoms with Crippen LogP contribution < -0.4 is 10.1 Å². The third-order valence-electron chi connectivity index (χ3n) is 4.27. The summed E-state index contributed by atoms with van der Waals surface area (Å²) in [6.45, 7) is 9.50. The molecule has 0 aliphatic heterocycles. The molecule has 0 saturated carbocycles. The van der Waals surface area contributed by atoms with E-state index in [1.54, 1.807) is 23.0 Å². The first kappa shape index (κ1) is 20.3. The zero-order valence-corrected chi connectivity index (χ0v) is 17.1. The summed E-state index contributed by atoms with van der Waals surface area (Å²) in [7, 11) is 0. The van der Waals surface area contributed by atoms with Crippen LogP contribution in [0.1, 0.15) is 60.1 Å². The largest absolute Gasteiger partial charge is 0.489 e. The molecule has 0 bridgehead atoms. The van der Waals surface area contributed by atoms with Gasteiger partial charge in [-0.05, 0) is 58.9 Å². The Morgan fingerprint density at radius 3 is 2.52 bits per heavy atom. The number of benzene rings is 1. The average Bonchev–Trinajstić information content (AvgIpc) is 3.05. The lowest BCUT2D eigenvalue weighted by Gasteiger charge is -2.16. The molecule has 0 aliphatic carbocycles. The topological polar surface area (TPSA) is 106 Å². The number of aryl methyl sites for hydroxylation is 1. The van der Waals surface area contributed by atoms with Gasteiger partial charge in [-0.25, -0.2) is 14.5 Å². The number of aromatic carboxylic acids is 1. The monoisotopic (exact) mass is 396 g/mol. The van der Waals surface area contributed by atoms with E-state index in [4.69, 9.17) is 4.74 Å². The normalized spacial score (nSPS) is 11.3. The predicted octanol–water partition coefficient (Wildman–Crippen LogP) is 4.06. The third-order valence-corrected chi connectivity index (χ3v) is 4.27. The van der Waals surface area contributed by atoms with E-state index >= 15 is 0 Å². The van der Waals surface area contributed by atoms with Gasteiger partial charge in [0.25, 0.3) is 5.91 Å². The Balaban J connectivity index is 2.04. The van der Waals surface area contributed by atoms with Crippen molar-refractivity contribution in [1.29, 1.82) is 0 Å². The molecular weight excluding hydrogens is 372 g/mol. The van der Waals surface area contributed by atoms with Gasteiger partial charge >= 0.3 is 5.97 Å². The van der Waals surface area contributed by atoms with Crippen molar-refractivity contribution in [3.63, 3.8) is 0 Å². The first-order chi connectivity index (χ1) is 13.7. The van der Waals surface area contributed by atoms with Crippen LogP contribution in [-0.2, 0) is 0 Å². The van der Waals surface area contributed by atoms with Crippen LogP contribution in [0.2, 0.25) is 0 Å². The van der Waals surface area contributed by atoms with Crippen molar-refractivity contribution in [2.45, 2.75) is 46.8 Å². The summed E-state index contributed by atoms with van der Waals surface area (Å²) in [5.74, 6) is -1.07. The maximum absolute atomic E-state index is 13.1. The van der Waals surface area contributed by atoms with Gasteiger partial charge in [-0.3, -0.25) is 4.79 Å². The molecule has 2 aromatic heterocycles. The van der Waals surface area contributed by atoms with Crippen LogP contribution in [0.4, 0.5) is 5.69 Å². The molecule has 0 spiro atoms. The SMILES string of the molecule is Cc1cc(C(=O)Nc2cc(C(=O)O)ccc2OC(C)C)c2cnn(C(C)C)c2n1. The summed E-state index contributed by atoms with van der Waals surface area (Å²) in [5.41, 5.74) is 2.07. The molecule has 29 heavy (non-hydrogen) atoms.